The molecule has 1 aliphatic heterocycles. The van der Waals surface area contributed by atoms with Gasteiger partial charge < -0.3 is 14.2 Å². The summed E-state index contributed by atoms with van der Waals surface area (Å²) in [4.78, 5) is 0. The smallest absolute Gasteiger partial charge is 0.205 e. The quantitative estimate of drug-likeness (QED) is 0.408. The van der Waals surface area contributed by atoms with Gasteiger partial charge in [-0.2, -0.15) is 0 Å². The van der Waals surface area contributed by atoms with Gasteiger partial charge in [0.2, 0.25) is 6.29 Å². The monoisotopic (exact) mass is 438 g/mol. The molecule has 0 aliphatic carbocycles. The van der Waals surface area contributed by atoms with Crippen molar-refractivity contribution in [3.63, 3.8) is 0 Å². The van der Waals surface area contributed by atoms with Crippen molar-refractivity contribution in [1.29, 1.82) is 0 Å². The summed E-state index contributed by atoms with van der Waals surface area (Å²) in [5, 5.41) is 0. The molecule has 0 spiro atoms. The fourth-order valence-corrected chi connectivity index (χ4v) is 4.35. The van der Waals surface area contributed by atoms with E-state index < -0.39 is 0 Å². The van der Waals surface area contributed by atoms with Crippen LogP contribution in [0.4, 0.5) is 0 Å². The number of rotatable bonds is 7. The van der Waals surface area contributed by atoms with Crippen molar-refractivity contribution < 1.29 is 14.2 Å². The molecule has 0 aromatic heterocycles. The molecule has 3 unspecified atom stereocenters. The van der Waals surface area contributed by atoms with Gasteiger partial charge in [-0.1, -0.05) is 85.7 Å². The molecule has 32 heavy (non-hydrogen) atoms. The van der Waals surface area contributed by atoms with Gasteiger partial charge in [-0.25, -0.2) is 0 Å². The predicted molar refractivity (Wildman–Crippen MR) is 132 cm³/mol. The van der Waals surface area contributed by atoms with E-state index in [1.165, 1.54) is 5.56 Å². The molecule has 1 heterocycles. The van der Waals surface area contributed by atoms with Crippen LogP contribution in [0.3, 0.4) is 0 Å². The molecule has 2 aromatic carbocycles. The molecule has 3 nitrogen and oxygen atoms in total. The van der Waals surface area contributed by atoms with Gasteiger partial charge in [0.1, 0.15) is 11.5 Å². The van der Waals surface area contributed by atoms with E-state index in [-0.39, 0.29) is 23.2 Å². The van der Waals surface area contributed by atoms with Crippen LogP contribution in [0.5, 0.6) is 11.5 Å². The van der Waals surface area contributed by atoms with Crippen LogP contribution in [0, 0.1) is 16.7 Å². The van der Waals surface area contributed by atoms with Gasteiger partial charge in [-0.3, -0.25) is 0 Å². The van der Waals surface area contributed by atoms with E-state index in [4.69, 9.17) is 14.2 Å². The molecule has 3 atom stereocenters. The lowest BCUT2D eigenvalue weighted by Gasteiger charge is -2.36. The average Bonchev–Trinajstić information content (AvgIpc) is 2.70. The van der Waals surface area contributed by atoms with Crippen LogP contribution in [0.15, 0.2) is 48.5 Å². The largest absolute Gasteiger partial charge is 0.493 e. The van der Waals surface area contributed by atoms with E-state index in [0.29, 0.717) is 18.4 Å². The Labute approximate surface area is 195 Å². The molecule has 0 N–H and O–H groups in total. The number of hydrogen-bond donors (Lipinski definition) is 0. The van der Waals surface area contributed by atoms with Crippen molar-refractivity contribution >= 4 is 0 Å². The standard InChI is InChI=1S/C29H42O3/c1-20(2)24(19-28(3,4)5)21-12-11-13-22(18-21)31-27(29(6,7)8)32-26-16-17-30-25-15-10-9-14-23(25)26/h9-15,18,20,24,26-27H,16-17,19H2,1-8H3. The maximum atomic E-state index is 6.61. The molecule has 0 radical (unpaired) electrons. The molecule has 176 valence electrons. The van der Waals surface area contributed by atoms with Gasteiger partial charge in [0.05, 0.1) is 12.7 Å². The summed E-state index contributed by atoms with van der Waals surface area (Å²) < 4.78 is 19.0. The van der Waals surface area contributed by atoms with Gasteiger partial charge in [0, 0.05) is 17.4 Å². The summed E-state index contributed by atoms with van der Waals surface area (Å²) in [6, 6.07) is 16.8. The predicted octanol–water partition coefficient (Wildman–Crippen LogP) is 8.15. The van der Waals surface area contributed by atoms with Crippen molar-refractivity contribution in [3.8, 4) is 11.5 Å². The third kappa shape index (κ3) is 6.51. The Hall–Kier alpha value is -2.00. The lowest BCUT2D eigenvalue weighted by Crippen LogP contribution is -2.37. The van der Waals surface area contributed by atoms with Crippen LogP contribution < -0.4 is 9.47 Å². The van der Waals surface area contributed by atoms with Gasteiger partial charge >= 0.3 is 0 Å². The van der Waals surface area contributed by atoms with Crippen LogP contribution in [0.25, 0.3) is 0 Å². The zero-order chi connectivity index (χ0) is 23.5. The normalized spacial score (nSPS) is 18.6. The van der Waals surface area contributed by atoms with Crippen LogP contribution in [-0.2, 0) is 4.74 Å². The van der Waals surface area contributed by atoms with Gasteiger partial charge in [-0.05, 0) is 47.4 Å². The Balaban J connectivity index is 1.82. The second kappa shape index (κ2) is 9.87. The highest BCUT2D eigenvalue weighted by Crippen LogP contribution is 2.40. The van der Waals surface area contributed by atoms with Gasteiger partial charge in [0.25, 0.3) is 0 Å². The number of hydrogen-bond acceptors (Lipinski definition) is 3. The number of para-hydroxylation sites is 1. The Morgan fingerprint density at radius 2 is 1.69 bits per heavy atom. The first-order valence-electron chi connectivity index (χ1n) is 12.1. The highest BCUT2D eigenvalue weighted by molar-refractivity contribution is 5.36. The lowest BCUT2D eigenvalue weighted by atomic mass is 9.76. The van der Waals surface area contributed by atoms with Crippen LogP contribution in [0.2, 0.25) is 0 Å². The second-order valence-electron chi connectivity index (χ2n) is 11.8. The van der Waals surface area contributed by atoms with E-state index in [2.05, 4.69) is 85.7 Å². The fraction of sp³-hybridized carbons (Fsp3) is 0.586. The Morgan fingerprint density at radius 3 is 2.34 bits per heavy atom. The van der Waals surface area contributed by atoms with E-state index in [1.54, 1.807) is 0 Å². The highest BCUT2D eigenvalue weighted by Gasteiger charge is 2.33. The third-order valence-corrected chi connectivity index (χ3v) is 6.06. The third-order valence-electron chi connectivity index (χ3n) is 6.06. The average molecular weight is 439 g/mol. The first-order chi connectivity index (χ1) is 14.9. The molecular weight excluding hydrogens is 396 g/mol. The Morgan fingerprint density at radius 1 is 0.969 bits per heavy atom. The SMILES string of the molecule is CC(C)C(CC(C)(C)C)c1cccc(OC(OC2CCOc3ccccc32)C(C)(C)C)c1. The van der Waals surface area contributed by atoms with E-state index in [1.807, 2.05) is 18.2 Å². The summed E-state index contributed by atoms with van der Waals surface area (Å²) in [6.07, 6.45) is 1.57. The minimum absolute atomic E-state index is 0.0309. The van der Waals surface area contributed by atoms with E-state index in [0.717, 1.165) is 29.9 Å². The molecule has 0 bridgehead atoms. The number of ether oxygens (including phenoxy) is 3. The molecule has 3 rings (SSSR count). The Bertz CT molecular complexity index is 872. The van der Waals surface area contributed by atoms with Crippen LogP contribution >= 0.6 is 0 Å². The lowest BCUT2D eigenvalue weighted by molar-refractivity contribution is -0.179. The molecule has 1 aliphatic rings. The summed E-state index contributed by atoms with van der Waals surface area (Å²) in [5.74, 6) is 2.86. The van der Waals surface area contributed by atoms with Gasteiger partial charge in [0.15, 0.2) is 0 Å². The zero-order valence-electron chi connectivity index (χ0n) is 21.3. The van der Waals surface area contributed by atoms with Crippen molar-refractivity contribution in [2.24, 2.45) is 16.7 Å². The molecular formula is C29H42O3. The molecule has 2 aromatic rings. The van der Waals surface area contributed by atoms with Crippen molar-refractivity contribution in [1.82, 2.24) is 0 Å². The molecule has 0 amide bonds. The molecule has 0 saturated heterocycles. The summed E-state index contributed by atoms with van der Waals surface area (Å²) in [6.45, 7) is 18.8. The Kier molecular flexibility index (Phi) is 7.60. The first-order valence-corrected chi connectivity index (χ1v) is 12.1. The minimum Gasteiger partial charge on any atom is -0.493 e. The zero-order valence-corrected chi connectivity index (χ0v) is 21.3. The minimum atomic E-state index is -0.367. The van der Waals surface area contributed by atoms with Crippen molar-refractivity contribution in [2.75, 3.05) is 6.61 Å². The maximum absolute atomic E-state index is 6.61. The number of benzene rings is 2. The van der Waals surface area contributed by atoms with E-state index >= 15 is 0 Å². The fourth-order valence-electron chi connectivity index (χ4n) is 4.35. The molecule has 0 saturated carbocycles. The highest BCUT2D eigenvalue weighted by atomic mass is 16.7. The van der Waals surface area contributed by atoms with E-state index in [9.17, 15) is 0 Å². The summed E-state index contributed by atoms with van der Waals surface area (Å²) >= 11 is 0. The molecule has 3 heteroatoms. The topological polar surface area (TPSA) is 27.7 Å². The van der Waals surface area contributed by atoms with Crippen molar-refractivity contribution in [3.05, 3.63) is 59.7 Å². The van der Waals surface area contributed by atoms with Crippen molar-refractivity contribution in [2.45, 2.75) is 86.5 Å². The van der Waals surface area contributed by atoms with Gasteiger partial charge in [-0.15, -0.1) is 0 Å². The van der Waals surface area contributed by atoms with Crippen LogP contribution in [0.1, 0.15) is 91.4 Å². The van der Waals surface area contributed by atoms with Crippen LogP contribution in [-0.4, -0.2) is 12.9 Å². The molecule has 0 fully saturated rings. The summed E-state index contributed by atoms with van der Waals surface area (Å²) in [5.41, 5.74) is 2.55. The summed E-state index contributed by atoms with van der Waals surface area (Å²) in [7, 11) is 0. The number of fused-ring (bicyclic) bond motifs is 1. The first kappa shape index (κ1) is 24.6. The maximum Gasteiger partial charge on any atom is 0.205 e. The second-order valence-corrected chi connectivity index (χ2v) is 11.8.